The lowest BCUT2D eigenvalue weighted by atomic mass is 9.88. The number of carbonyl (C=O) groups excluding carboxylic acids is 2. The Morgan fingerprint density at radius 1 is 0.949 bits per heavy atom. The highest BCUT2D eigenvalue weighted by atomic mass is 16.5. The summed E-state index contributed by atoms with van der Waals surface area (Å²) in [4.78, 5) is 34.6. The number of carbonyl (C=O) groups is 2. The Kier molecular flexibility index (Phi) is 6.29. The lowest BCUT2D eigenvalue weighted by Crippen LogP contribution is -2.44. The average Bonchev–Trinajstić information content (AvgIpc) is 3.44. The molecule has 0 radical (unpaired) electrons. The highest BCUT2D eigenvalue weighted by Crippen LogP contribution is 2.44. The Balaban J connectivity index is 1.36. The minimum Gasteiger partial charge on any atom is -0.493 e. The van der Waals surface area contributed by atoms with Gasteiger partial charge in [0.1, 0.15) is 12.1 Å². The monoisotopic (exact) mass is 523 g/mol. The van der Waals surface area contributed by atoms with Gasteiger partial charge in [-0.25, -0.2) is 4.79 Å². The number of nitrogens with one attached hydrogen (secondary N) is 1. The number of fused-ring (bicyclic) bond motifs is 4. The topological polar surface area (TPSA) is 74.9 Å². The number of H-pyrrole nitrogens is 1. The molecule has 39 heavy (non-hydrogen) atoms. The van der Waals surface area contributed by atoms with Gasteiger partial charge in [0.05, 0.1) is 14.2 Å². The molecule has 0 aliphatic carbocycles. The van der Waals surface area contributed by atoms with E-state index in [9.17, 15) is 9.59 Å². The molecule has 3 amide bonds. The predicted molar refractivity (Wildman–Crippen MR) is 150 cm³/mol. The molecule has 2 atom stereocenters. The summed E-state index contributed by atoms with van der Waals surface area (Å²) in [6, 6.07) is 21.2. The predicted octanol–water partition coefficient (Wildman–Crippen LogP) is 5.83. The number of hydrogen-bond donors (Lipinski definition) is 1. The van der Waals surface area contributed by atoms with Gasteiger partial charge in [-0.15, -0.1) is 0 Å². The molecule has 200 valence electrons. The van der Waals surface area contributed by atoms with E-state index in [-0.39, 0.29) is 18.0 Å². The zero-order valence-corrected chi connectivity index (χ0v) is 22.7. The maximum atomic E-state index is 14.0. The Labute approximate surface area is 228 Å². The standard InChI is InChI=1S/C32H33N3O4/c1-19(2)21-10-12-22(13-11-21)30-29-24(23-7-5-6-8-25(23)33-29)18-26-31(36)34(32(37)35(26)30)16-15-20-9-14-27(38-3)28(17-20)39-4/h5-14,17,19,26,30,33H,15-16,18H2,1-4H3/t26-,30?/m1/s1. The number of para-hydroxylation sites is 1. The van der Waals surface area contributed by atoms with Crippen LogP contribution in [0.4, 0.5) is 4.79 Å². The maximum absolute atomic E-state index is 14.0. The summed E-state index contributed by atoms with van der Waals surface area (Å²) < 4.78 is 10.8. The molecular formula is C32H33N3O4. The van der Waals surface area contributed by atoms with Gasteiger partial charge < -0.3 is 14.5 Å². The lowest BCUT2D eigenvalue weighted by molar-refractivity contribution is -0.128. The molecule has 3 aromatic carbocycles. The Bertz CT molecular complexity index is 1560. The number of rotatable bonds is 7. The highest BCUT2D eigenvalue weighted by molar-refractivity contribution is 6.05. The van der Waals surface area contributed by atoms with Crippen molar-refractivity contribution in [2.75, 3.05) is 20.8 Å². The molecule has 1 unspecified atom stereocenters. The van der Waals surface area contributed by atoms with E-state index in [4.69, 9.17) is 9.47 Å². The molecule has 2 aliphatic rings. The van der Waals surface area contributed by atoms with Crippen LogP contribution in [0.25, 0.3) is 10.9 Å². The van der Waals surface area contributed by atoms with E-state index in [1.807, 2.05) is 30.3 Å². The molecule has 3 heterocycles. The summed E-state index contributed by atoms with van der Waals surface area (Å²) in [5.41, 5.74) is 6.34. The quantitative estimate of drug-likeness (QED) is 0.309. The van der Waals surface area contributed by atoms with Gasteiger partial charge in [0.2, 0.25) is 0 Å². The van der Waals surface area contributed by atoms with Crippen molar-refractivity contribution in [3.63, 3.8) is 0 Å². The number of aromatic nitrogens is 1. The van der Waals surface area contributed by atoms with Gasteiger partial charge in [-0.1, -0.05) is 62.4 Å². The van der Waals surface area contributed by atoms with Crippen molar-refractivity contribution in [2.45, 2.75) is 44.7 Å². The zero-order valence-electron chi connectivity index (χ0n) is 22.7. The van der Waals surface area contributed by atoms with Crippen molar-refractivity contribution < 1.29 is 19.1 Å². The number of methoxy groups -OCH3 is 2. The molecule has 7 heteroatoms. The molecule has 0 saturated carbocycles. The van der Waals surface area contributed by atoms with E-state index in [1.165, 1.54) is 10.5 Å². The summed E-state index contributed by atoms with van der Waals surface area (Å²) in [7, 11) is 3.19. The van der Waals surface area contributed by atoms with Crippen LogP contribution < -0.4 is 9.47 Å². The summed E-state index contributed by atoms with van der Waals surface area (Å²) in [5.74, 6) is 1.54. The van der Waals surface area contributed by atoms with E-state index in [2.05, 4.69) is 55.2 Å². The van der Waals surface area contributed by atoms with Gasteiger partial charge in [0.15, 0.2) is 11.5 Å². The molecule has 0 bridgehead atoms. The second-order valence-corrected chi connectivity index (χ2v) is 10.6. The van der Waals surface area contributed by atoms with Crippen molar-refractivity contribution in [1.29, 1.82) is 0 Å². The molecule has 6 rings (SSSR count). The first-order valence-corrected chi connectivity index (χ1v) is 13.4. The van der Waals surface area contributed by atoms with Crippen molar-refractivity contribution in [3.05, 3.63) is 94.7 Å². The van der Waals surface area contributed by atoms with E-state index in [0.717, 1.165) is 33.3 Å². The third kappa shape index (κ3) is 4.13. The minimum absolute atomic E-state index is 0.139. The summed E-state index contributed by atoms with van der Waals surface area (Å²) in [6.45, 7) is 4.63. The smallest absolute Gasteiger partial charge is 0.328 e. The van der Waals surface area contributed by atoms with Gasteiger partial charge in [0.25, 0.3) is 5.91 Å². The number of aromatic amines is 1. The van der Waals surface area contributed by atoms with Crippen LogP contribution in [0, 0.1) is 0 Å². The molecule has 1 fully saturated rings. The SMILES string of the molecule is COc1ccc(CCN2C(=O)[C@H]3Cc4c([nH]c5ccccc45)C(c4ccc(C(C)C)cc4)N3C2=O)cc1OC. The van der Waals surface area contributed by atoms with E-state index >= 15 is 0 Å². The number of ether oxygens (including phenoxy) is 2. The summed E-state index contributed by atoms with van der Waals surface area (Å²) in [5, 5.41) is 1.11. The van der Waals surface area contributed by atoms with E-state index < -0.39 is 6.04 Å². The van der Waals surface area contributed by atoms with E-state index in [1.54, 1.807) is 19.1 Å². The molecule has 4 aromatic rings. The van der Waals surface area contributed by atoms with E-state index in [0.29, 0.717) is 36.8 Å². The van der Waals surface area contributed by atoms with Crippen LogP contribution in [0.2, 0.25) is 0 Å². The number of benzene rings is 3. The Morgan fingerprint density at radius 2 is 1.69 bits per heavy atom. The van der Waals surface area contributed by atoms with Gasteiger partial charge in [-0.3, -0.25) is 14.6 Å². The van der Waals surface area contributed by atoms with Gasteiger partial charge in [-0.05, 0) is 52.8 Å². The lowest BCUT2D eigenvalue weighted by Gasteiger charge is -2.36. The second kappa shape index (κ2) is 9.80. The highest BCUT2D eigenvalue weighted by Gasteiger charge is 2.52. The third-order valence-corrected chi connectivity index (χ3v) is 8.13. The number of imide groups is 1. The Hall–Kier alpha value is -4.26. The normalized spacial score (nSPS) is 18.6. The molecule has 0 spiro atoms. The number of nitrogens with zero attached hydrogens (tertiary/aromatic N) is 2. The summed E-state index contributed by atoms with van der Waals surface area (Å²) >= 11 is 0. The number of amides is 3. The van der Waals surface area contributed by atoms with Gasteiger partial charge >= 0.3 is 6.03 Å². The maximum Gasteiger partial charge on any atom is 0.328 e. The number of urea groups is 1. The fraction of sp³-hybridized carbons (Fsp3) is 0.312. The van der Waals surface area contributed by atoms with Crippen LogP contribution in [0.3, 0.4) is 0 Å². The first-order valence-electron chi connectivity index (χ1n) is 13.4. The van der Waals surface area contributed by atoms with Crippen molar-refractivity contribution >= 4 is 22.8 Å². The van der Waals surface area contributed by atoms with Crippen molar-refractivity contribution in [1.82, 2.24) is 14.8 Å². The van der Waals surface area contributed by atoms with Crippen LogP contribution in [0.5, 0.6) is 11.5 Å². The molecule has 1 aromatic heterocycles. The minimum atomic E-state index is -0.538. The molecule has 2 aliphatic heterocycles. The summed E-state index contributed by atoms with van der Waals surface area (Å²) in [6.07, 6.45) is 1.03. The van der Waals surface area contributed by atoms with Crippen molar-refractivity contribution in [3.8, 4) is 11.5 Å². The first kappa shape index (κ1) is 25.0. The molecular weight excluding hydrogens is 490 g/mol. The van der Waals surface area contributed by atoms with Gasteiger partial charge in [0, 0.05) is 29.6 Å². The first-order chi connectivity index (χ1) is 18.9. The third-order valence-electron chi connectivity index (χ3n) is 8.13. The largest absolute Gasteiger partial charge is 0.493 e. The Morgan fingerprint density at radius 3 is 2.41 bits per heavy atom. The second-order valence-electron chi connectivity index (χ2n) is 10.6. The van der Waals surface area contributed by atoms with Gasteiger partial charge in [-0.2, -0.15) is 0 Å². The zero-order chi connectivity index (χ0) is 27.3. The van der Waals surface area contributed by atoms with Crippen LogP contribution in [-0.4, -0.2) is 53.5 Å². The van der Waals surface area contributed by atoms with Crippen LogP contribution in [0.15, 0.2) is 66.7 Å². The molecule has 7 nitrogen and oxygen atoms in total. The average molecular weight is 524 g/mol. The fourth-order valence-corrected chi connectivity index (χ4v) is 6.02. The van der Waals surface area contributed by atoms with Crippen LogP contribution >= 0.6 is 0 Å². The molecule has 1 saturated heterocycles. The van der Waals surface area contributed by atoms with Crippen LogP contribution in [0.1, 0.15) is 53.8 Å². The number of hydrogen-bond acceptors (Lipinski definition) is 4. The fourth-order valence-electron chi connectivity index (χ4n) is 6.02. The van der Waals surface area contributed by atoms with Crippen molar-refractivity contribution in [2.24, 2.45) is 0 Å². The van der Waals surface area contributed by atoms with Crippen LogP contribution in [-0.2, 0) is 17.6 Å². The molecule has 1 N–H and O–H groups in total.